The first-order valence-corrected chi connectivity index (χ1v) is 6.13. The molecule has 4 heteroatoms. The number of nitrogens with two attached hydrogens (primary N) is 1. The van der Waals surface area contributed by atoms with Gasteiger partial charge in [0.1, 0.15) is 5.82 Å². The van der Waals surface area contributed by atoms with Crippen molar-refractivity contribution >= 4 is 0 Å². The summed E-state index contributed by atoms with van der Waals surface area (Å²) in [6, 6.07) is 0.293. The molecule has 16 heavy (non-hydrogen) atoms. The van der Waals surface area contributed by atoms with Crippen LogP contribution in [0, 0.1) is 5.92 Å². The van der Waals surface area contributed by atoms with Crippen LogP contribution in [-0.2, 0) is 13.1 Å². The van der Waals surface area contributed by atoms with Gasteiger partial charge in [0.15, 0.2) is 0 Å². The van der Waals surface area contributed by atoms with Crippen LogP contribution in [0.3, 0.4) is 0 Å². The van der Waals surface area contributed by atoms with Gasteiger partial charge in [-0.2, -0.15) is 0 Å². The number of aromatic nitrogens is 2. The lowest BCUT2D eigenvalue weighted by Crippen LogP contribution is -2.42. The minimum absolute atomic E-state index is 0.293. The van der Waals surface area contributed by atoms with Crippen LogP contribution in [0.1, 0.15) is 26.1 Å². The fourth-order valence-corrected chi connectivity index (χ4v) is 2.39. The van der Waals surface area contributed by atoms with E-state index in [2.05, 4.69) is 34.5 Å². The zero-order chi connectivity index (χ0) is 11.5. The molecule has 0 saturated heterocycles. The molecule has 1 aliphatic rings. The number of rotatable bonds is 4. The minimum atomic E-state index is 0.293. The molecule has 2 heterocycles. The molecule has 2 rings (SSSR count). The van der Waals surface area contributed by atoms with Crippen molar-refractivity contribution in [3.8, 4) is 0 Å². The Hall–Kier alpha value is -0.870. The maximum Gasteiger partial charge on any atom is 0.122 e. The highest BCUT2D eigenvalue weighted by Gasteiger charge is 2.18. The van der Waals surface area contributed by atoms with E-state index in [0.29, 0.717) is 12.0 Å². The van der Waals surface area contributed by atoms with E-state index in [1.54, 1.807) is 0 Å². The van der Waals surface area contributed by atoms with Crippen LogP contribution >= 0.6 is 0 Å². The second-order valence-corrected chi connectivity index (χ2v) is 5.16. The van der Waals surface area contributed by atoms with Crippen LogP contribution in [0.15, 0.2) is 12.4 Å². The van der Waals surface area contributed by atoms with Gasteiger partial charge in [-0.3, -0.25) is 4.90 Å². The van der Waals surface area contributed by atoms with Crippen molar-refractivity contribution in [1.29, 1.82) is 0 Å². The second-order valence-electron chi connectivity index (χ2n) is 5.16. The van der Waals surface area contributed by atoms with E-state index >= 15 is 0 Å². The summed E-state index contributed by atoms with van der Waals surface area (Å²) in [4.78, 5) is 6.77. The third kappa shape index (κ3) is 2.83. The lowest BCUT2D eigenvalue weighted by atomic mass is 10.0. The lowest BCUT2D eigenvalue weighted by Gasteiger charge is -2.30. The van der Waals surface area contributed by atoms with Crippen molar-refractivity contribution < 1.29 is 0 Å². The largest absolute Gasteiger partial charge is 0.333 e. The quantitative estimate of drug-likeness (QED) is 0.829. The van der Waals surface area contributed by atoms with Gasteiger partial charge in [-0.15, -0.1) is 0 Å². The van der Waals surface area contributed by atoms with Crippen molar-refractivity contribution in [2.45, 2.75) is 39.4 Å². The summed E-state index contributed by atoms with van der Waals surface area (Å²) in [7, 11) is 0. The Morgan fingerprint density at radius 2 is 2.25 bits per heavy atom. The van der Waals surface area contributed by atoms with Gasteiger partial charge in [0, 0.05) is 38.1 Å². The number of nitrogens with zero attached hydrogens (tertiary/aromatic N) is 3. The van der Waals surface area contributed by atoms with Crippen LogP contribution in [0.5, 0.6) is 0 Å². The summed E-state index contributed by atoms with van der Waals surface area (Å²) in [6.07, 6.45) is 5.04. The molecule has 1 aromatic rings. The molecule has 4 nitrogen and oxygen atoms in total. The third-order valence-corrected chi connectivity index (χ3v) is 3.09. The molecule has 0 saturated carbocycles. The standard InChI is InChI=1S/C12H22N4/c1-10(2)7-11(13)8-15-5-6-16-4-3-14-12(16)9-15/h3-4,10-11H,5-9,13H2,1-2H3. The molecule has 1 aliphatic heterocycles. The summed E-state index contributed by atoms with van der Waals surface area (Å²) in [6.45, 7) is 8.52. The van der Waals surface area contributed by atoms with Crippen LogP contribution in [0.2, 0.25) is 0 Å². The van der Waals surface area contributed by atoms with Gasteiger partial charge < -0.3 is 10.3 Å². The Kier molecular flexibility index (Phi) is 3.61. The highest BCUT2D eigenvalue weighted by atomic mass is 15.2. The Balaban J connectivity index is 1.85. The number of imidazole rings is 1. The van der Waals surface area contributed by atoms with Gasteiger partial charge in [0.25, 0.3) is 0 Å². The summed E-state index contributed by atoms with van der Waals surface area (Å²) in [5.74, 6) is 1.85. The van der Waals surface area contributed by atoms with Gasteiger partial charge in [-0.05, 0) is 12.3 Å². The van der Waals surface area contributed by atoms with Gasteiger partial charge in [0.2, 0.25) is 0 Å². The van der Waals surface area contributed by atoms with Gasteiger partial charge >= 0.3 is 0 Å². The number of hydrogen-bond donors (Lipinski definition) is 1. The predicted molar refractivity (Wildman–Crippen MR) is 64.9 cm³/mol. The summed E-state index contributed by atoms with van der Waals surface area (Å²) >= 11 is 0. The summed E-state index contributed by atoms with van der Waals surface area (Å²) < 4.78 is 2.23. The highest BCUT2D eigenvalue weighted by molar-refractivity contribution is 4.95. The van der Waals surface area contributed by atoms with E-state index in [9.17, 15) is 0 Å². The Morgan fingerprint density at radius 3 is 3.00 bits per heavy atom. The Morgan fingerprint density at radius 1 is 1.44 bits per heavy atom. The molecule has 0 fully saturated rings. The van der Waals surface area contributed by atoms with Gasteiger partial charge in [-0.25, -0.2) is 4.98 Å². The number of fused-ring (bicyclic) bond motifs is 1. The van der Waals surface area contributed by atoms with Crippen LogP contribution in [0.4, 0.5) is 0 Å². The maximum atomic E-state index is 6.13. The maximum absolute atomic E-state index is 6.13. The fraction of sp³-hybridized carbons (Fsp3) is 0.750. The Labute approximate surface area is 97.4 Å². The summed E-state index contributed by atoms with van der Waals surface area (Å²) in [5, 5.41) is 0. The van der Waals surface area contributed by atoms with E-state index in [1.165, 1.54) is 5.82 Å². The van der Waals surface area contributed by atoms with E-state index in [1.807, 2.05) is 6.20 Å². The van der Waals surface area contributed by atoms with E-state index in [0.717, 1.165) is 32.6 Å². The average Bonchev–Trinajstić information content (AvgIpc) is 2.63. The zero-order valence-corrected chi connectivity index (χ0v) is 10.3. The molecule has 0 aliphatic carbocycles. The average molecular weight is 222 g/mol. The fourth-order valence-electron chi connectivity index (χ4n) is 2.39. The normalized spacial score (nSPS) is 18.8. The molecule has 1 unspecified atom stereocenters. The molecule has 1 atom stereocenters. The van der Waals surface area contributed by atoms with Crippen molar-refractivity contribution in [2.75, 3.05) is 13.1 Å². The molecule has 0 radical (unpaired) electrons. The lowest BCUT2D eigenvalue weighted by molar-refractivity contribution is 0.198. The summed E-state index contributed by atoms with van der Waals surface area (Å²) in [5.41, 5.74) is 6.13. The van der Waals surface area contributed by atoms with Crippen LogP contribution in [-0.4, -0.2) is 33.6 Å². The van der Waals surface area contributed by atoms with Gasteiger partial charge in [0.05, 0.1) is 6.54 Å². The Bertz CT molecular complexity index is 332. The molecule has 0 amide bonds. The van der Waals surface area contributed by atoms with Gasteiger partial charge in [-0.1, -0.05) is 13.8 Å². The SMILES string of the molecule is CC(C)CC(N)CN1CCn2ccnc2C1. The molecular formula is C12H22N4. The first kappa shape index (κ1) is 11.6. The minimum Gasteiger partial charge on any atom is -0.333 e. The molecule has 0 aromatic carbocycles. The first-order valence-electron chi connectivity index (χ1n) is 6.13. The van der Waals surface area contributed by atoms with Crippen molar-refractivity contribution in [2.24, 2.45) is 11.7 Å². The molecule has 0 bridgehead atoms. The van der Waals surface area contributed by atoms with Crippen LogP contribution in [0.25, 0.3) is 0 Å². The third-order valence-electron chi connectivity index (χ3n) is 3.09. The molecular weight excluding hydrogens is 200 g/mol. The number of hydrogen-bond acceptors (Lipinski definition) is 3. The first-order chi connectivity index (χ1) is 7.65. The smallest absolute Gasteiger partial charge is 0.122 e. The van der Waals surface area contributed by atoms with E-state index < -0.39 is 0 Å². The monoisotopic (exact) mass is 222 g/mol. The van der Waals surface area contributed by atoms with E-state index in [-0.39, 0.29) is 0 Å². The molecule has 1 aromatic heterocycles. The highest BCUT2D eigenvalue weighted by Crippen LogP contribution is 2.12. The molecule has 90 valence electrons. The van der Waals surface area contributed by atoms with E-state index in [4.69, 9.17) is 5.73 Å². The molecule has 2 N–H and O–H groups in total. The van der Waals surface area contributed by atoms with Crippen molar-refractivity contribution in [3.63, 3.8) is 0 Å². The second kappa shape index (κ2) is 4.97. The van der Waals surface area contributed by atoms with Crippen molar-refractivity contribution in [3.05, 3.63) is 18.2 Å². The zero-order valence-electron chi connectivity index (χ0n) is 10.3. The van der Waals surface area contributed by atoms with Crippen molar-refractivity contribution in [1.82, 2.24) is 14.5 Å². The predicted octanol–water partition coefficient (Wildman–Crippen LogP) is 1.07. The topological polar surface area (TPSA) is 47.1 Å². The van der Waals surface area contributed by atoms with Crippen LogP contribution < -0.4 is 5.73 Å². The molecule has 0 spiro atoms.